The highest BCUT2D eigenvalue weighted by molar-refractivity contribution is 5.78. The topological polar surface area (TPSA) is 72.3 Å². The third-order valence-corrected chi connectivity index (χ3v) is 1.96. The standard InChI is InChI=1S/C9H9F3N2O3/c1-8(2,7(15)16)6-13-3-5(4-14-6)17-9(10,11)12/h3-4H,1-2H3,(H,15,16). The summed E-state index contributed by atoms with van der Waals surface area (Å²) in [7, 11) is 0. The van der Waals surface area contributed by atoms with Crippen LogP contribution in [0.25, 0.3) is 0 Å². The van der Waals surface area contributed by atoms with E-state index in [1.807, 2.05) is 0 Å². The second-order valence-corrected chi connectivity index (χ2v) is 3.72. The third kappa shape index (κ3) is 3.30. The van der Waals surface area contributed by atoms with Gasteiger partial charge in [-0.25, -0.2) is 9.97 Å². The van der Waals surface area contributed by atoms with Crippen LogP contribution in [0.1, 0.15) is 19.7 Å². The highest BCUT2D eigenvalue weighted by Gasteiger charge is 2.34. The van der Waals surface area contributed by atoms with E-state index in [1.165, 1.54) is 13.8 Å². The molecule has 0 saturated heterocycles. The Labute approximate surface area is 94.3 Å². The zero-order valence-corrected chi connectivity index (χ0v) is 8.95. The number of alkyl halides is 3. The van der Waals surface area contributed by atoms with Gasteiger partial charge in [0.25, 0.3) is 0 Å². The normalized spacial score (nSPS) is 12.3. The molecular weight excluding hydrogens is 241 g/mol. The summed E-state index contributed by atoms with van der Waals surface area (Å²) in [4.78, 5) is 17.9. The average Bonchev–Trinajstić information content (AvgIpc) is 2.15. The molecule has 0 aromatic carbocycles. The summed E-state index contributed by atoms with van der Waals surface area (Å²) >= 11 is 0. The van der Waals surface area contributed by atoms with Crippen molar-refractivity contribution >= 4 is 5.97 Å². The molecule has 1 heterocycles. The van der Waals surface area contributed by atoms with Gasteiger partial charge in [0.2, 0.25) is 0 Å². The van der Waals surface area contributed by atoms with Crippen molar-refractivity contribution in [2.24, 2.45) is 0 Å². The van der Waals surface area contributed by atoms with Gasteiger partial charge in [0.05, 0.1) is 12.4 Å². The number of nitrogens with zero attached hydrogens (tertiary/aromatic N) is 2. The zero-order chi connectivity index (χ0) is 13.3. The Balaban J connectivity index is 2.93. The number of aromatic nitrogens is 2. The summed E-state index contributed by atoms with van der Waals surface area (Å²) < 4.78 is 39.1. The van der Waals surface area contributed by atoms with E-state index < -0.39 is 23.5 Å². The van der Waals surface area contributed by atoms with Gasteiger partial charge in [-0.1, -0.05) is 0 Å². The Morgan fingerprint density at radius 2 is 1.76 bits per heavy atom. The zero-order valence-electron chi connectivity index (χ0n) is 8.95. The fraction of sp³-hybridized carbons (Fsp3) is 0.444. The van der Waals surface area contributed by atoms with Gasteiger partial charge in [-0.3, -0.25) is 4.79 Å². The van der Waals surface area contributed by atoms with Crippen LogP contribution in [0.3, 0.4) is 0 Å². The molecule has 0 aliphatic heterocycles. The van der Waals surface area contributed by atoms with Gasteiger partial charge in [0, 0.05) is 0 Å². The van der Waals surface area contributed by atoms with Crippen molar-refractivity contribution in [1.29, 1.82) is 0 Å². The Morgan fingerprint density at radius 3 is 2.12 bits per heavy atom. The van der Waals surface area contributed by atoms with Crippen LogP contribution in [-0.4, -0.2) is 27.4 Å². The SMILES string of the molecule is CC(C)(C(=O)O)c1ncc(OC(F)(F)F)cn1. The number of halogens is 3. The number of carboxylic acids is 1. The summed E-state index contributed by atoms with van der Waals surface area (Å²) in [6.07, 6.45) is -3.27. The molecule has 5 nitrogen and oxygen atoms in total. The molecule has 0 bridgehead atoms. The van der Waals surface area contributed by atoms with E-state index in [2.05, 4.69) is 14.7 Å². The Kier molecular flexibility index (Phi) is 3.25. The van der Waals surface area contributed by atoms with Crippen molar-refractivity contribution in [3.8, 4) is 5.75 Å². The first-order valence-electron chi connectivity index (χ1n) is 4.44. The third-order valence-electron chi connectivity index (χ3n) is 1.96. The first-order chi connectivity index (χ1) is 7.63. The minimum absolute atomic E-state index is 0.0977. The average molecular weight is 250 g/mol. The monoisotopic (exact) mass is 250 g/mol. The quantitative estimate of drug-likeness (QED) is 0.884. The maximum absolute atomic E-state index is 11.8. The van der Waals surface area contributed by atoms with Crippen LogP contribution < -0.4 is 4.74 Å². The van der Waals surface area contributed by atoms with Crippen molar-refractivity contribution in [3.63, 3.8) is 0 Å². The van der Waals surface area contributed by atoms with Crippen LogP contribution in [0.4, 0.5) is 13.2 Å². The number of hydrogen-bond donors (Lipinski definition) is 1. The van der Waals surface area contributed by atoms with Gasteiger partial charge in [0.15, 0.2) is 5.75 Å². The van der Waals surface area contributed by atoms with Crippen LogP contribution in [0, 0.1) is 0 Å². The van der Waals surface area contributed by atoms with Crippen molar-refractivity contribution in [1.82, 2.24) is 9.97 Å². The van der Waals surface area contributed by atoms with E-state index in [4.69, 9.17) is 5.11 Å². The van der Waals surface area contributed by atoms with Crippen molar-refractivity contribution in [2.45, 2.75) is 25.6 Å². The Bertz CT molecular complexity index is 414. The predicted molar refractivity (Wildman–Crippen MR) is 49.4 cm³/mol. The van der Waals surface area contributed by atoms with Crippen molar-refractivity contribution in [3.05, 3.63) is 18.2 Å². The summed E-state index contributed by atoms with van der Waals surface area (Å²) in [6, 6.07) is 0. The molecular formula is C9H9F3N2O3. The van der Waals surface area contributed by atoms with Gasteiger partial charge in [-0.2, -0.15) is 0 Å². The fourth-order valence-corrected chi connectivity index (χ4v) is 0.921. The van der Waals surface area contributed by atoms with Crippen LogP contribution in [0.2, 0.25) is 0 Å². The number of rotatable bonds is 3. The molecule has 94 valence electrons. The number of hydrogen-bond acceptors (Lipinski definition) is 4. The molecule has 0 aliphatic rings. The molecule has 0 saturated carbocycles. The molecule has 0 radical (unpaired) electrons. The number of carbonyl (C=O) groups is 1. The van der Waals surface area contributed by atoms with E-state index in [9.17, 15) is 18.0 Å². The number of aliphatic carboxylic acids is 1. The van der Waals surface area contributed by atoms with Crippen LogP contribution in [0.15, 0.2) is 12.4 Å². The lowest BCUT2D eigenvalue weighted by Crippen LogP contribution is -2.30. The minimum atomic E-state index is -4.83. The molecule has 0 unspecified atom stereocenters. The van der Waals surface area contributed by atoms with Gasteiger partial charge in [-0.05, 0) is 13.8 Å². The van der Waals surface area contributed by atoms with Gasteiger partial charge >= 0.3 is 12.3 Å². The first-order valence-corrected chi connectivity index (χ1v) is 4.44. The Morgan fingerprint density at radius 1 is 1.29 bits per heavy atom. The second kappa shape index (κ2) is 4.19. The highest BCUT2D eigenvalue weighted by atomic mass is 19.4. The lowest BCUT2D eigenvalue weighted by Gasteiger charge is -2.17. The largest absolute Gasteiger partial charge is 0.573 e. The minimum Gasteiger partial charge on any atom is -0.481 e. The van der Waals surface area contributed by atoms with Crippen LogP contribution in [0.5, 0.6) is 5.75 Å². The fourth-order valence-electron chi connectivity index (χ4n) is 0.921. The smallest absolute Gasteiger partial charge is 0.481 e. The lowest BCUT2D eigenvalue weighted by molar-refractivity contribution is -0.274. The number of carboxylic acid groups (broad SMARTS) is 1. The van der Waals surface area contributed by atoms with Crippen LogP contribution >= 0.6 is 0 Å². The molecule has 0 atom stereocenters. The molecule has 0 aliphatic carbocycles. The molecule has 17 heavy (non-hydrogen) atoms. The summed E-state index contributed by atoms with van der Waals surface area (Å²) in [5.74, 6) is -1.87. The second-order valence-electron chi connectivity index (χ2n) is 3.72. The summed E-state index contributed by atoms with van der Waals surface area (Å²) in [6.45, 7) is 2.68. The van der Waals surface area contributed by atoms with Gasteiger partial charge < -0.3 is 9.84 Å². The van der Waals surface area contributed by atoms with E-state index in [1.54, 1.807) is 0 Å². The molecule has 1 rings (SSSR count). The van der Waals surface area contributed by atoms with E-state index in [0.717, 1.165) is 12.4 Å². The molecule has 8 heteroatoms. The molecule has 1 aromatic rings. The van der Waals surface area contributed by atoms with Gasteiger partial charge in [-0.15, -0.1) is 13.2 Å². The Hall–Kier alpha value is -1.86. The first kappa shape index (κ1) is 13.2. The lowest BCUT2D eigenvalue weighted by atomic mass is 9.93. The molecule has 0 spiro atoms. The molecule has 1 N–H and O–H groups in total. The van der Waals surface area contributed by atoms with Crippen LogP contribution in [-0.2, 0) is 10.2 Å². The predicted octanol–water partition coefficient (Wildman–Crippen LogP) is 1.74. The van der Waals surface area contributed by atoms with Gasteiger partial charge in [0.1, 0.15) is 11.2 Å². The van der Waals surface area contributed by atoms with E-state index in [0.29, 0.717) is 0 Å². The molecule has 0 fully saturated rings. The highest BCUT2D eigenvalue weighted by Crippen LogP contribution is 2.24. The number of ether oxygens (including phenoxy) is 1. The maximum Gasteiger partial charge on any atom is 0.573 e. The summed E-state index contributed by atoms with van der Waals surface area (Å²) in [5.41, 5.74) is -1.38. The molecule has 1 aromatic heterocycles. The summed E-state index contributed by atoms with van der Waals surface area (Å²) in [5, 5.41) is 8.86. The maximum atomic E-state index is 11.8. The van der Waals surface area contributed by atoms with Crippen molar-refractivity contribution < 1.29 is 27.8 Å². The molecule has 0 amide bonds. The van der Waals surface area contributed by atoms with E-state index in [-0.39, 0.29) is 5.82 Å². The van der Waals surface area contributed by atoms with Crippen molar-refractivity contribution in [2.75, 3.05) is 0 Å². The van der Waals surface area contributed by atoms with E-state index >= 15 is 0 Å².